The molecule has 3 rings (SSSR count). The molecule has 6 heteroatoms. The Bertz CT molecular complexity index is 883. The van der Waals surface area contributed by atoms with E-state index in [1.165, 1.54) is 24.3 Å². The summed E-state index contributed by atoms with van der Waals surface area (Å²) in [5.41, 5.74) is -1.11. The molecule has 0 saturated carbocycles. The minimum atomic E-state index is -1.38. The van der Waals surface area contributed by atoms with E-state index in [-0.39, 0.29) is 11.1 Å². The van der Waals surface area contributed by atoms with Gasteiger partial charge in [-0.3, -0.25) is 0 Å². The number of halogens is 4. The number of benzene rings is 3. The second-order valence-electron chi connectivity index (χ2n) is 7.16. The van der Waals surface area contributed by atoms with Gasteiger partial charge in [0, 0.05) is 0 Å². The zero-order chi connectivity index (χ0) is 20.6. The summed E-state index contributed by atoms with van der Waals surface area (Å²) in [6.45, 7) is 8.34. The minimum absolute atomic E-state index is 0.117. The van der Waals surface area contributed by atoms with Crippen LogP contribution >= 0.6 is 0 Å². The van der Waals surface area contributed by atoms with E-state index in [1.54, 1.807) is 24.3 Å². The first-order chi connectivity index (χ1) is 13.2. The Morgan fingerprint density at radius 3 is 0.929 bits per heavy atom. The Kier molecular flexibility index (Phi) is 5.91. The third-order valence-electron chi connectivity index (χ3n) is 4.77. The van der Waals surface area contributed by atoms with E-state index in [9.17, 15) is 17.6 Å². The average Bonchev–Trinajstić information content (AvgIpc) is 2.67. The normalized spacial score (nSPS) is 11.5. The Hall–Kier alpha value is -2.19. The third-order valence-corrected chi connectivity index (χ3v) is 7.74. The SMILES string of the molecule is C[Si](C)c1ccc(-c2c(F)c(F)c(-c3ccc([Si](C)C)cc3)c(F)c2F)cc1. The van der Waals surface area contributed by atoms with Gasteiger partial charge in [-0.1, -0.05) is 85.1 Å². The fourth-order valence-corrected chi connectivity index (χ4v) is 4.75. The van der Waals surface area contributed by atoms with Crippen LogP contribution in [0.4, 0.5) is 17.6 Å². The van der Waals surface area contributed by atoms with Crippen molar-refractivity contribution in [3.63, 3.8) is 0 Å². The van der Waals surface area contributed by atoms with E-state index in [0.29, 0.717) is 0 Å². The van der Waals surface area contributed by atoms with E-state index in [4.69, 9.17) is 0 Å². The van der Waals surface area contributed by atoms with Crippen molar-refractivity contribution in [1.82, 2.24) is 0 Å². The maximum atomic E-state index is 14.8. The highest BCUT2D eigenvalue weighted by molar-refractivity contribution is 6.71. The second kappa shape index (κ2) is 8.05. The third kappa shape index (κ3) is 3.71. The summed E-state index contributed by atoms with van der Waals surface area (Å²) in [6, 6.07) is 13.0. The van der Waals surface area contributed by atoms with Crippen LogP contribution in [0.5, 0.6) is 0 Å². The molecule has 0 spiro atoms. The van der Waals surface area contributed by atoms with Crippen LogP contribution in [0, 0.1) is 23.3 Å². The largest absolute Gasteiger partial charge is 0.203 e. The summed E-state index contributed by atoms with van der Waals surface area (Å²) in [5, 5.41) is 2.14. The molecule has 0 saturated heterocycles. The highest BCUT2D eigenvalue weighted by Crippen LogP contribution is 2.36. The van der Waals surface area contributed by atoms with Crippen molar-refractivity contribution in [1.29, 1.82) is 0 Å². The van der Waals surface area contributed by atoms with Gasteiger partial charge in [0.1, 0.15) is 0 Å². The quantitative estimate of drug-likeness (QED) is 0.299. The van der Waals surface area contributed by atoms with Gasteiger partial charge in [0.25, 0.3) is 0 Å². The molecule has 0 fully saturated rings. The van der Waals surface area contributed by atoms with Crippen molar-refractivity contribution in [2.75, 3.05) is 0 Å². The molecule has 0 bridgehead atoms. The molecule has 0 unspecified atom stereocenters. The van der Waals surface area contributed by atoms with Crippen LogP contribution in [0.25, 0.3) is 22.3 Å². The Morgan fingerprint density at radius 1 is 0.464 bits per heavy atom. The fourth-order valence-electron chi connectivity index (χ4n) is 3.08. The summed E-state index contributed by atoms with van der Waals surface area (Å²) in [7, 11) is -1.46. The lowest BCUT2D eigenvalue weighted by atomic mass is 9.97. The molecule has 3 aromatic carbocycles. The molecule has 0 heterocycles. The molecule has 28 heavy (non-hydrogen) atoms. The number of hydrogen-bond donors (Lipinski definition) is 0. The lowest BCUT2D eigenvalue weighted by Gasteiger charge is -2.14. The topological polar surface area (TPSA) is 0 Å². The van der Waals surface area contributed by atoms with Gasteiger partial charge < -0.3 is 0 Å². The van der Waals surface area contributed by atoms with Crippen molar-refractivity contribution >= 4 is 28.0 Å². The maximum absolute atomic E-state index is 14.8. The summed E-state index contributed by atoms with van der Waals surface area (Å²) in [4.78, 5) is 0. The van der Waals surface area contributed by atoms with E-state index in [0.717, 1.165) is 10.4 Å². The smallest absolute Gasteiger partial charge is 0.170 e. The minimum Gasteiger partial charge on any atom is -0.203 e. The van der Waals surface area contributed by atoms with Crippen LogP contribution in [-0.2, 0) is 0 Å². The predicted octanol–water partition coefficient (Wildman–Crippen LogP) is 5.50. The lowest BCUT2D eigenvalue weighted by Crippen LogP contribution is -2.22. The molecule has 3 aromatic rings. The van der Waals surface area contributed by atoms with E-state index in [1.807, 2.05) is 0 Å². The Labute approximate surface area is 166 Å². The van der Waals surface area contributed by atoms with Gasteiger partial charge in [-0.05, 0) is 11.1 Å². The molecule has 0 N–H and O–H groups in total. The van der Waals surface area contributed by atoms with Crippen LogP contribution in [0.1, 0.15) is 0 Å². The van der Waals surface area contributed by atoms with Crippen molar-refractivity contribution in [2.24, 2.45) is 0 Å². The van der Waals surface area contributed by atoms with Gasteiger partial charge >= 0.3 is 0 Å². The zero-order valence-corrected chi connectivity index (χ0v) is 18.1. The highest BCUT2D eigenvalue weighted by atomic mass is 28.3. The van der Waals surface area contributed by atoms with Crippen molar-refractivity contribution < 1.29 is 17.6 Å². The van der Waals surface area contributed by atoms with E-state index < -0.39 is 52.0 Å². The average molecular weight is 417 g/mol. The fraction of sp³-hybridized carbons (Fsp3) is 0.182. The van der Waals surface area contributed by atoms with Crippen molar-refractivity contribution in [3.8, 4) is 22.3 Å². The standard InChI is InChI=1S/C22H20F4Si2/c1-27(2)15-9-5-13(6-10-15)17-19(23)21(25)18(22(26)20(17)24)14-7-11-16(12-8-14)28(3)4/h5-12H,1-4H3. The molecule has 0 atom stereocenters. The van der Waals surface area contributed by atoms with E-state index >= 15 is 0 Å². The monoisotopic (exact) mass is 416 g/mol. The summed E-state index contributed by atoms with van der Waals surface area (Å²) >= 11 is 0. The zero-order valence-electron chi connectivity index (χ0n) is 16.1. The summed E-state index contributed by atoms with van der Waals surface area (Å²) in [5.74, 6) is -5.50. The van der Waals surface area contributed by atoms with Gasteiger partial charge in [0.2, 0.25) is 0 Å². The first-order valence-corrected chi connectivity index (χ1v) is 13.9. The number of rotatable bonds is 4. The highest BCUT2D eigenvalue weighted by Gasteiger charge is 2.27. The van der Waals surface area contributed by atoms with Crippen molar-refractivity contribution in [2.45, 2.75) is 26.2 Å². The van der Waals surface area contributed by atoms with E-state index in [2.05, 4.69) is 26.2 Å². The Morgan fingerprint density at radius 2 is 0.714 bits per heavy atom. The van der Waals surface area contributed by atoms with Crippen LogP contribution < -0.4 is 10.4 Å². The van der Waals surface area contributed by atoms with Gasteiger partial charge in [0.05, 0.1) is 28.7 Å². The van der Waals surface area contributed by atoms with Gasteiger partial charge in [-0.15, -0.1) is 0 Å². The molecule has 0 amide bonds. The molecule has 0 aliphatic heterocycles. The molecular formula is C22H20F4Si2. The molecule has 0 aliphatic carbocycles. The van der Waals surface area contributed by atoms with Crippen LogP contribution in [-0.4, -0.2) is 17.6 Å². The van der Waals surface area contributed by atoms with Gasteiger partial charge in [-0.25, -0.2) is 17.6 Å². The predicted molar refractivity (Wildman–Crippen MR) is 111 cm³/mol. The maximum Gasteiger partial charge on any atom is 0.170 e. The molecule has 2 radical (unpaired) electrons. The summed E-state index contributed by atoms with van der Waals surface area (Å²) in [6.07, 6.45) is 0. The van der Waals surface area contributed by atoms with Crippen LogP contribution in [0.2, 0.25) is 26.2 Å². The van der Waals surface area contributed by atoms with Gasteiger partial charge in [-0.2, -0.15) is 0 Å². The number of hydrogen-bond acceptors (Lipinski definition) is 0. The molecular weight excluding hydrogens is 396 g/mol. The first-order valence-electron chi connectivity index (χ1n) is 8.90. The molecule has 0 aromatic heterocycles. The molecule has 0 aliphatic rings. The first kappa shape index (κ1) is 20.5. The summed E-state index contributed by atoms with van der Waals surface area (Å²) < 4.78 is 59.1. The van der Waals surface area contributed by atoms with Crippen LogP contribution in [0.3, 0.4) is 0 Å². The van der Waals surface area contributed by atoms with Crippen LogP contribution in [0.15, 0.2) is 48.5 Å². The van der Waals surface area contributed by atoms with Gasteiger partial charge in [0.15, 0.2) is 23.3 Å². The second-order valence-corrected chi connectivity index (χ2v) is 12.3. The molecule has 144 valence electrons. The lowest BCUT2D eigenvalue weighted by molar-refractivity contribution is 0.463. The van der Waals surface area contributed by atoms with Crippen molar-refractivity contribution in [3.05, 3.63) is 71.8 Å². The Balaban J connectivity index is 2.14. The molecule has 0 nitrogen and oxygen atoms in total.